The smallest absolute Gasteiger partial charge is 0.159 e. The summed E-state index contributed by atoms with van der Waals surface area (Å²) in [7, 11) is 0. The Morgan fingerprint density at radius 2 is 0.489 bits per heavy atom. The molecular formula is C126H89N3O3S. The summed E-state index contributed by atoms with van der Waals surface area (Å²) in [6, 6.07) is 167. The molecule has 632 valence electrons. The van der Waals surface area contributed by atoms with Gasteiger partial charge in [0.1, 0.15) is 22.3 Å². The van der Waals surface area contributed by atoms with Gasteiger partial charge in [-0.2, -0.15) is 0 Å². The fourth-order valence-electron chi connectivity index (χ4n) is 20.5. The molecule has 6 nitrogen and oxygen atoms in total. The molecule has 0 radical (unpaired) electrons. The quantitative estimate of drug-likeness (QED) is 0.108. The van der Waals surface area contributed by atoms with Crippen LogP contribution in [-0.4, -0.2) is 0 Å². The average molecular weight is 1730 g/mol. The Hall–Kier alpha value is -16.6. The second-order valence-corrected chi connectivity index (χ2v) is 36.8. The van der Waals surface area contributed by atoms with Crippen molar-refractivity contribution in [2.45, 2.75) is 38.5 Å². The first kappa shape index (κ1) is 79.8. The van der Waals surface area contributed by atoms with E-state index >= 15 is 0 Å². The maximum atomic E-state index is 6.54. The van der Waals surface area contributed by atoms with E-state index in [0.717, 1.165) is 117 Å². The van der Waals surface area contributed by atoms with Crippen molar-refractivity contribution in [2.24, 2.45) is 0 Å². The molecule has 2 aliphatic rings. The fourth-order valence-corrected chi connectivity index (χ4v) is 21.7. The van der Waals surface area contributed by atoms with E-state index in [0.29, 0.717) is 0 Å². The van der Waals surface area contributed by atoms with Crippen LogP contribution in [-0.2, 0) is 10.8 Å². The lowest BCUT2D eigenvalue weighted by atomic mass is 9.82. The van der Waals surface area contributed by atoms with Crippen LogP contribution in [0.15, 0.2) is 480 Å². The summed E-state index contributed by atoms with van der Waals surface area (Å²) >= 11 is 1.85. The number of anilines is 9. The topological polar surface area (TPSA) is 49.1 Å². The molecule has 0 amide bonds. The summed E-state index contributed by atoms with van der Waals surface area (Å²) in [4.78, 5) is 6.95. The summed E-state index contributed by atoms with van der Waals surface area (Å²) in [5.41, 5.74) is 38.1. The number of thiophene rings is 1. The van der Waals surface area contributed by atoms with Gasteiger partial charge in [0.25, 0.3) is 0 Å². The Kier molecular flexibility index (Phi) is 19.7. The number of rotatable bonds is 14. The lowest BCUT2D eigenvalue weighted by Crippen LogP contribution is -2.14. The van der Waals surface area contributed by atoms with Gasteiger partial charge in [0.2, 0.25) is 0 Å². The number of para-hydroxylation sites is 6. The molecule has 0 atom stereocenters. The summed E-state index contributed by atoms with van der Waals surface area (Å²) in [6.07, 6.45) is 0. The van der Waals surface area contributed by atoms with E-state index in [1.54, 1.807) is 0 Å². The maximum absolute atomic E-state index is 6.54. The number of furan rings is 3. The van der Waals surface area contributed by atoms with Crippen molar-refractivity contribution in [1.29, 1.82) is 0 Å². The Morgan fingerprint density at radius 1 is 0.180 bits per heavy atom. The highest BCUT2D eigenvalue weighted by Gasteiger charge is 2.37. The number of nitrogens with zero attached hydrogens (tertiary/aromatic N) is 3. The zero-order valence-electron chi connectivity index (χ0n) is 73.9. The fraction of sp³-hybridized carbons (Fsp3) is 0.0476. The van der Waals surface area contributed by atoms with Gasteiger partial charge in [-0.05, 0) is 246 Å². The zero-order chi connectivity index (χ0) is 88.8. The van der Waals surface area contributed by atoms with Gasteiger partial charge in [-0.3, -0.25) is 0 Å². The standard InChI is InChI=1S/C45H33NO.C42H27NOS.C39H29NO/c1-45(2)40-16-8-6-13-36(40)39-29-33(23-28-41(39)45)32-21-26-35(27-22-32)46(34-24-19-31(20-25-34)30-11-4-3-5-12-30)42-17-10-15-38-37-14-7-9-18-43(37)47-44(38)42;1-2-8-28(9-3-1)29-14-19-32(20-15-29)43(34-23-24-37-36-11-5-7-13-41(36)45-42(37)27-34)33-21-16-30(17-22-33)31-18-25-40-38(26-31)35-10-4-6-12-39(35)44-40;1-39(2)34-16-8-6-13-30(34)33-25-27(21-24-35(33)39)26-19-22-29(23-20-26)40(28-11-4-3-5-12-28)36-17-10-15-32-31-14-7-9-18-37(31)41-38(32)36/h3-29H,1-2H3;1-27H;3-25H,1-2H3. The third kappa shape index (κ3) is 14.2. The molecule has 2 aliphatic carbocycles. The van der Waals surface area contributed by atoms with E-state index in [2.05, 4.69) is 473 Å². The molecule has 0 saturated heterocycles. The number of hydrogen-bond acceptors (Lipinski definition) is 7. The van der Waals surface area contributed by atoms with Gasteiger partial charge in [-0.15, -0.1) is 11.3 Å². The molecule has 24 aromatic rings. The highest BCUT2D eigenvalue weighted by atomic mass is 32.1. The Labute approximate surface area is 776 Å². The third-order valence-corrected chi connectivity index (χ3v) is 28.4. The molecule has 4 aromatic heterocycles. The lowest BCUT2D eigenvalue weighted by molar-refractivity contribution is 0.660. The van der Waals surface area contributed by atoms with Gasteiger partial charge in [-0.25, -0.2) is 0 Å². The molecule has 0 aliphatic heterocycles. The molecule has 0 N–H and O–H groups in total. The molecule has 26 rings (SSSR count). The number of benzene rings is 20. The van der Waals surface area contributed by atoms with Crippen molar-refractivity contribution in [2.75, 3.05) is 14.7 Å². The largest absolute Gasteiger partial charge is 0.456 e. The molecule has 0 fully saturated rings. The molecule has 0 spiro atoms. The minimum Gasteiger partial charge on any atom is -0.456 e. The van der Waals surface area contributed by atoms with Gasteiger partial charge in [0, 0.05) is 103 Å². The average Bonchev–Trinajstić information content (AvgIpc) is 1.48. The van der Waals surface area contributed by atoms with Gasteiger partial charge in [-0.1, -0.05) is 349 Å². The molecular weight excluding hydrogens is 1640 g/mol. The SMILES string of the molecule is CC1(C)c2ccccc2-c2cc(-c3ccc(N(c4ccc(-c5ccccc5)cc4)c4cccc5c4oc4ccccc45)cc3)ccc21.CC1(C)c2ccccc2-c2cc(-c3ccc(N(c4ccccc4)c4cccc5c4oc4ccccc45)cc3)ccc21.c1ccc(-c2ccc(N(c3ccc(-c4ccc5oc6ccccc6c5c4)cc3)c3ccc4c(c3)sc3ccccc34)cc2)cc1. The van der Waals surface area contributed by atoms with Crippen molar-refractivity contribution in [3.8, 4) is 77.9 Å². The Morgan fingerprint density at radius 3 is 0.955 bits per heavy atom. The van der Waals surface area contributed by atoms with Gasteiger partial charge >= 0.3 is 0 Å². The highest BCUT2D eigenvalue weighted by Crippen LogP contribution is 2.54. The monoisotopic (exact) mass is 1720 g/mol. The van der Waals surface area contributed by atoms with Crippen molar-refractivity contribution in [3.05, 3.63) is 489 Å². The normalized spacial score (nSPS) is 12.6. The Balaban J connectivity index is 0.000000110. The maximum Gasteiger partial charge on any atom is 0.159 e. The minimum atomic E-state index is 0.00253. The van der Waals surface area contributed by atoms with Crippen LogP contribution in [0.25, 0.3) is 164 Å². The zero-order valence-corrected chi connectivity index (χ0v) is 74.7. The van der Waals surface area contributed by atoms with Crippen LogP contribution in [0.5, 0.6) is 0 Å². The van der Waals surface area contributed by atoms with Crippen LogP contribution in [0.1, 0.15) is 49.9 Å². The second-order valence-electron chi connectivity index (χ2n) is 35.8. The van der Waals surface area contributed by atoms with E-state index in [-0.39, 0.29) is 10.8 Å². The molecule has 4 heterocycles. The van der Waals surface area contributed by atoms with Crippen LogP contribution in [0.4, 0.5) is 51.2 Å². The lowest BCUT2D eigenvalue weighted by Gasteiger charge is -2.26. The summed E-state index contributed by atoms with van der Waals surface area (Å²) in [5, 5.41) is 9.40. The van der Waals surface area contributed by atoms with Crippen LogP contribution in [0, 0.1) is 0 Å². The van der Waals surface area contributed by atoms with Gasteiger partial charge < -0.3 is 28.0 Å². The predicted molar refractivity (Wildman–Crippen MR) is 560 cm³/mol. The third-order valence-electron chi connectivity index (χ3n) is 27.3. The van der Waals surface area contributed by atoms with Crippen LogP contribution in [0.3, 0.4) is 0 Å². The predicted octanol–water partition coefficient (Wildman–Crippen LogP) is 36.5. The summed E-state index contributed by atoms with van der Waals surface area (Å²) in [6.45, 7) is 9.31. The molecule has 7 heteroatoms. The number of hydrogen-bond donors (Lipinski definition) is 0. The molecule has 20 aromatic carbocycles. The van der Waals surface area contributed by atoms with E-state index in [4.69, 9.17) is 13.3 Å². The van der Waals surface area contributed by atoms with Crippen LogP contribution in [0.2, 0.25) is 0 Å². The molecule has 133 heavy (non-hydrogen) atoms. The first-order chi connectivity index (χ1) is 65.4. The molecule has 0 saturated carbocycles. The van der Waals surface area contributed by atoms with Crippen LogP contribution >= 0.6 is 11.3 Å². The van der Waals surface area contributed by atoms with Crippen LogP contribution < -0.4 is 14.7 Å². The van der Waals surface area contributed by atoms with Crippen molar-refractivity contribution in [1.82, 2.24) is 0 Å². The van der Waals surface area contributed by atoms with Crippen molar-refractivity contribution < 1.29 is 13.3 Å². The minimum absolute atomic E-state index is 0.00253. The molecule has 0 unspecified atom stereocenters. The van der Waals surface area contributed by atoms with E-state index in [9.17, 15) is 0 Å². The first-order valence-corrected chi connectivity index (χ1v) is 46.5. The highest BCUT2D eigenvalue weighted by molar-refractivity contribution is 7.25. The second kappa shape index (κ2) is 32.9. The first-order valence-electron chi connectivity index (χ1n) is 45.6. The Bertz CT molecular complexity index is 8540. The van der Waals surface area contributed by atoms with Crippen molar-refractivity contribution in [3.63, 3.8) is 0 Å². The van der Waals surface area contributed by atoms with E-state index < -0.39 is 0 Å². The van der Waals surface area contributed by atoms with Gasteiger partial charge in [0.15, 0.2) is 11.2 Å². The summed E-state index contributed by atoms with van der Waals surface area (Å²) in [5.74, 6) is 0. The van der Waals surface area contributed by atoms with Gasteiger partial charge in [0.05, 0.1) is 11.4 Å². The summed E-state index contributed by atoms with van der Waals surface area (Å²) < 4.78 is 21.7. The number of fused-ring (bicyclic) bond motifs is 18. The van der Waals surface area contributed by atoms with Crippen molar-refractivity contribution >= 4 is 149 Å². The van der Waals surface area contributed by atoms with E-state index in [1.807, 2.05) is 47.7 Å². The van der Waals surface area contributed by atoms with E-state index in [1.165, 1.54) is 120 Å². The molecule has 0 bridgehead atoms.